The molecule has 1 unspecified atom stereocenters. The summed E-state index contributed by atoms with van der Waals surface area (Å²) in [6.07, 6.45) is -0.968. The van der Waals surface area contributed by atoms with Gasteiger partial charge < -0.3 is 19.3 Å². The lowest BCUT2D eigenvalue weighted by Gasteiger charge is -2.16. The van der Waals surface area contributed by atoms with Gasteiger partial charge in [-0.2, -0.15) is 0 Å². The fraction of sp³-hybridized carbons (Fsp3) is 0.227. The highest BCUT2D eigenvalue weighted by Gasteiger charge is 2.40. The molecule has 2 aromatic carbocycles. The molecule has 3 aromatic rings. The van der Waals surface area contributed by atoms with E-state index in [1.54, 1.807) is 18.2 Å². The molecule has 1 aliphatic heterocycles. The van der Waals surface area contributed by atoms with E-state index in [1.807, 2.05) is 0 Å². The molecule has 2 N–H and O–H groups in total. The summed E-state index contributed by atoms with van der Waals surface area (Å²) in [6.45, 7) is -0.000460. The predicted molar refractivity (Wildman–Crippen MR) is 110 cm³/mol. The standard InChI is InChI=1S/C22H19FN2O7/c1-30-14-8-7-13-15(18(14)31-2)21(28)32-17(13)16-19(26)24-22(29)25(20(16)27)10-9-11-3-5-12(23)6-4-11/h3-8,17,27H,9-10H2,1-2H3,(H,24,26,29). The van der Waals surface area contributed by atoms with Crippen LogP contribution in [0.25, 0.3) is 0 Å². The Morgan fingerprint density at radius 1 is 1.09 bits per heavy atom. The smallest absolute Gasteiger partial charge is 0.343 e. The van der Waals surface area contributed by atoms with Crippen LogP contribution in [-0.2, 0) is 17.7 Å². The molecule has 1 atom stereocenters. The molecule has 0 aliphatic carbocycles. The van der Waals surface area contributed by atoms with Gasteiger partial charge in [0.2, 0.25) is 5.88 Å². The zero-order chi connectivity index (χ0) is 23.0. The molecule has 1 aliphatic rings. The first-order valence-corrected chi connectivity index (χ1v) is 9.62. The first kappa shape index (κ1) is 21.2. The average molecular weight is 442 g/mol. The average Bonchev–Trinajstić information content (AvgIpc) is 3.10. The Kier molecular flexibility index (Phi) is 5.43. The van der Waals surface area contributed by atoms with Crippen LogP contribution in [0.4, 0.5) is 4.39 Å². The summed E-state index contributed by atoms with van der Waals surface area (Å²) in [5.41, 5.74) is -0.916. The van der Waals surface area contributed by atoms with Crippen molar-refractivity contribution < 1.29 is 28.5 Å². The number of fused-ring (bicyclic) bond motifs is 1. The molecule has 0 radical (unpaired) electrons. The minimum atomic E-state index is -1.25. The molecule has 0 saturated carbocycles. The second-order valence-electron chi connectivity index (χ2n) is 7.08. The quantitative estimate of drug-likeness (QED) is 0.560. The Hall–Kier alpha value is -4.08. The van der Waals surface area contributed by atoms with Gasteiger partial charge in [0, 0.05) is 12.1 Å². The topological polar surface area (TPSA) is 120 Å². The van der Waals surface area contributed by atoms with Crippen LogP contribution in [0.1, 0.15) is 33.2 Å². The van der Waals surface area contributed by atoms with E-state index in [4.69, 9.17) is 14.2 Å². The Balaban J connectivity index is 1.77. The molecular formula is C22H19FN2O7. The predicted octanol–water partition coefficient (Wildman–Crippen LogP) is 1.90. The van der Waals surface area contributed by atoms with Crippen molar-refractivity contribution in [1.82, 2.24) is 9.55 Å². The molecule has 0 amide bonds. The number of esters is 1. The molecular weight excluding hydrogens is 423 g/mol. The molecule has 4 rings (SSSR count). The number of nitrogens with one attached hydrogen (secondary N) is 1. The highest BCUT2D eigenvalue weighted by atomic mass is 19.1. The minimum absolute atomic E-state index is 0.000460. The van der Waals surface area contributed by atoms with Gasteiger partial charge in [0.1, 0.15) is 16.9 Å². The summed E-state index contributed by atoms with van der Waals surface area (Å²) in [4.78, 5) is 39.6. The third kappa shape index (κ3) is 3.49. The number of rotatable bonds is 6. The van der Waals surface area contributed by atoms with E-state index in [9.17, 15) is 23.9 Å². The number of hydrogen-bond acceptors (Lipinski definition) is 7. The fourth-order valence-electron chi connectivity index (χ4n) is 3.73. The fourth-order valence-corrected chi connectivity index (χ4v) is 3.73. The molecule has 0 fully saturated rings. The third-order valence-corrected chi connectivity index (χ3v) is 5.30. The van der Waals surface area contributed by atoms with Crippen LogP contribution in [0, 0.1) is 5.82 Å². The molecule has 2 heterocycles. The number of nitrogens with zero attached hydrogens (tertiary/aromatic N) is 1. The number of aromatic nitrogens is 2. The Bertz CT molecular complexity index is 1310. The van der Waals surface area contributed by atoms with Crippen LogP contribution in [0.5, 0.6) is 17.4 Å². The number of H-pyrrole nitrogens is 1. The number of aromatic amines is 1. The van der Waals surface area contributed by atoms with Crippen molar-refractivity contribution in [1.29, 1.82) is 0 Å². The number of aryl methyl sites for hydroxylation is 1. The van der Waals surface area contributed by atoms with Gasteiger partial charge in [0.25, 0.3) is 5.56 Å². The van der Waals surface area contributed by atoms with Crippen LogP contribution in [0.2, 0.25) is 0 Å². The lowest BCUT2D eigenvalue weighted by molar-refractivity contribution is 0.0446. The Labute approximate surface area is 180 Å². The van der Waals surface area contributed by atoms with Crippen LogP contribution in [-0.4, -0.2) is 34.8 Å². The van der Waals surface area contributed by atoms with E-state index in [2.05, 4.69) is 4.98 Å². The van der Waals surface area contributed by atoms with Gasteiger partial charge in [-0.05, 0) is 30.2 Å². The largest absolute Gasteiger partial charge is 0.494 e. The van der Waals surface area contributed by atoms with Gasteiger partial charge in [-0.15, -0.1) is 0 Å². The normalized spacial score (nSPS) is 14.7. The second kappa shape index (κ2) is 8.22. The van der Waals surface area contributed by atoms with Crippen molar-refractivity contribution in [3.63, 3.8) is 0 Å². The molecule has 9 nitrogen and oxygen atoms in total. The van der Waals surface area contributed by atoms with Crippen molar-refractivity contribution in [2.45, 2.75) is 19.1 Å². The molecule has 0 saturated heterocycles. The number of halogens is 1. The molecule has 0 bridgehead atoms. The minimum Gasteiger partial charge on any atom is -0.494 e. The number of cyclic esters (lactones) is 1. The molecule has 0 spiro atoms. The van der Waals surface area contributed by atoms with Crippen molar-refractivity contribution in [2.75, 3.05) is 14.2 Å². The number of methoxy groups -OCH3 is 2. The molecule has 10 heteroatoms. The van der Waals surface area contributed by atoms with E-state index in [-0.39, 0.29) is 35.4 Å². The number of ether oxygens (including phenoxy) is 3. The number of aromatic hydroxyl groups is 1. The zero-order valence-electron chi connectivity index (χ0n) is 17.2. The summed E-state index contributed by atoms with van der Waals surface area (Å²) in [5.74, 6) is -1.34. The van der Waals surface area contributed by atoms with E-state index in [0.717, 1.165) is 10.1 Å². The maximum atomic E-state index is 13.1. The van der Waals surface area contributed by atoms with Gasteiger partial charge in [0.05, 0.1) is 14.2 Å². The molecule has 166 valence electrons. The van der Waals surface area contributed by atoms with Gasteiger partial charge in [-0.3, -0.25) is 14.3 Å². The summed E-state index contributed by atoms with van der Waals surface area (Å²) in [6, 6.07) is 8.75. The molecule has 1 aromatic heterocycles. The lowest BCUT2D eigenvalue weighted by atomic mass is 9.99. The summed E-state index contributed by atoms with van der Waals surface area (Å²) < 4.78 is 29.9. The van der Waals surface area contributed by atoms with Gasteiger partial charge >= 0.3 is 11.7 Å². The highest BCUT2D eigenvalue weighted by Crippen LogP contribution is 2.44. The monoisotopic (exact) mass is 442 g/mol. The van der Waals surface area contributed by atoms with E-state index >= 15 is 0 Å². The first-order chi connectivity index (χ1) is 15.3. The SMILES string of the molecule is COc1ccc2c(c1OC)C(=O)OC2c1c(O)n(CCc2ccc(F)cc2)c(=O)[nH]c1=O. The Morgan fingerprint density at radius 3 is 2.47 bits per heavy atom. The third-order valence-electron chi connectivity index (χ3n) is 5.30. The molecule has 32 heavy (non-hydrogen) atoms. The first-order valence-electron chi connectivity index (χ1n) is 9.62. The van der Waals surface area contributed by atoms with Crippen LogP contribution in [0.3, 0.4) is 0 Å². The van der Waals surface area contributed by atoms with E-state index < -0.39 is 35.0 Å². The second-order valence-corrected chi connectivity index (χ2v) is 7.08. The number of carbonyl (C=O) groups is 1. The highest BCUT2D eigenvalue weighted by molar-refractivity contribution is 5.98. The van der Waals surface area contributed by atoms with Crippen molar-refractivity contribution >= 4 is 5.97 Å². The zero-order valence-corrected chi connectivity index (χ0v) is 17.2. The maximum absolute atomic E-state index is 13.1. The van der Waals surface area contributed by atoms with Crippen molar-refractivity contribution in [3.8, 4) is 17.4 Å². The summed E-state index contributed by atoms with van der Waals surface area (Å²) in [5, 5.41) is 10.8. The van der Waals surface area contributed by atoms with Crippen molar-refractivity contribution in [3.05, 3.63) is 85.3 Å². The number of hydrogen-bond donors (Lipinski definition) is 2. The van der Waals surface area contributed by atoms with Crippen LogP contribution < -0.4 is 20.7 Å². The van der Waals surface area contributed by atoms with Crippen molar-refractivity contribution in [2.24, 2.45) is 0 Å². The number of carbonyl (C=O) groups excluding carboxylic acids is 1. The van der Waals surface area contributed by atoms with Gasteiger partial charge in [0.15, 0.2) is 17.6 Å². The van der Waals surface area contributed by atoms with Gasteiger partial charge in [-0.1, -0.05) is 18.2 Å². The van der Waals surface area contributed by atoms with E-state index in [1.165, 1.54) is 32.4 Å². The summed E-state index contributed by atoms with van der Waals surface area (Å²) in [7, 11) is 2.77. The van der Waals surface area contributed by atoms with E-state index in [0.29, 0.717) is 5.75 Å². The Morgan fingerprint density at radius 2 is 1.81 bits per heavy atom. The number of benzene rings is 2. The summed E-state index contributed by atoms with van der Waals surface area (Å²) >= 11 is 0. The van der Waals surface area contributed by atoms with Crippen LogP contribution >= 0.6 is 0 Å². The van der Waals surface area contributed by atoms with Gasteiger partial charge in [-0.25, -0.2) is 14.0 Å². The lowest BCUT2D eigenvalue weighted by Crippen LogP contribution is -2.34. The maximum Gasteiger partial charge on any atom is 0.343 e. The van der Waals surface area contributed by atoms with Crippen LogP contribution in [0.15, 0.2) is 46.0 Å².